The molecular formula is C6H14N2O3. The van der Waals surface area contributed by atoms with Crippen LogP contribution in [0.5, 0.6) is 0 Å². The second-order valence-electron chi connectivity index (χ2n) is 2.84. The van der Waals surface area contributed by atoms with Gasteiger partial charge in [0.05, 0.1) is 24.9 Å². The van der Waals surface area contributed by atoms with Crippen LogP contribution in [-0.4, -0.2) is 52.8 Å². The van der Waals surface area contributed by atoms with Gasteiger partial charge in [0.1, 0.15) is 0 Å². The normalized spacial score (nSPS) is 45.8. The van der Waals surface area contributed by atoms with Crippen LogP contribution < -0.4 is 11.1 Å². The highest BCUT2D eigenvalue weighted by Crippen LogP contribution is 2.08. The number of piperidine rings is 1. The van der Waals surface area contributed by atoms with Crippen molar-refractivity contribution in [3.63, 3.8) is 0 Å². The first-order valence-electron chi connectivity index (χ1n) is 3.62. The predicted molar refractivity (Wildman–Crippen MR) is 38.9 cm³/mol. The van der Waals surface area contributed by atoms with Crippen molar-refractivity contribution in [1.29, 1.82) is 0 Å². The molecule has 1 unspecified atom stereocenters. The Labute approximate surface area is 64.8 Å². The predicted octanol–water partition coefficient (Wildman–Crippen LogP) is -3.00. The van der Waals surface area contributed by atoms with Crippen LogP contribution in [-0.2, 0) is 0 Å². The molecule has 1 saturated heterocycles. The van der Waals surface area contributed by atoms with Crippen molar-refractivity contribution in [1.82, 2.24) is 5.32 Å². The van der Waals surface area contributed by atoms with E-state index in [1.807, 2.05) is 0 Å². The average molecular weight is 162 g/mol. The smallest absolute Gasteiger partial charge is 0.0989 e. The Morgan fingerprint density at radius 2 is 2.00 bits per heavy atom. The summed E-state index contributed by atoms with van der Waals surface area (Å²) in [6.07, 6.45) is -1.91. The summed E-state index contributed by atoms with van der Waals surface area (Å²) < 4.78 is 0. The third-order valence-corrected chi connectivity index (χ3v) is 2.01. The van der Waals surface area contributed by atoms with E-state index in [4.69, 9.17) is 10.8 Å². The van der Waals surface area contributed by atoms with Gasteiger partial charge < -0.3 is 26.4 Å². The van der Waals surface area contributed by atoms with Gasteiger partial charge in [-0.3, -0.25) is 0 Å². The van der Waals surface area contributed by atoms with Crippen molar-refractivity contribution >= 4 is 0 Å². The largest absolute Gasteiger partial charge is 0.395 e. The number of aliphatic hydroxyl groups excluding tert-OH is 3. The summed E-state index contributed by atoms with van der Waals surface area (Å²) in [6, 6.07) is -0.905. The summed E-state index contributed by atoms with van der Waals surface area (Å²) in [4.78, 5) is 0. The summed E-state index contributed by atoms with van der Waals surface area (Å²) in [5, 5.41) is 30.0. The fraction of sp³-hybridized carbons (Fsp3) is 1.00. The molecule has 0 amide bonds. The van der Waals surface area contributed by atoms with Crippen molar-refractivity contribution in [3.8, 4) is 0 Å². The number of hydrogen-bond donors (Lipinski definition) is 5. The van der Waals surface area contributed by atoms with E-state index < -0.39 is 24.3 Å². The molecule has 0 radical (unpaired) electrons. The highest BCUT2D eigenvalue weighted by Gasteiger charge is 2.34. The number of nitrogens with one attached hydrogen (secondary N) is 1. The lowest BCUT2D eigenvalue weighted by Gasteiger charge is -2.35. The maximum Gasteiger partial charge on any atom is 0.0989 e. The van der Waals surface area contributed by atoms with Gasteiger partial charge in [-0.05, 0) is 0 Å². The first kappa shape index (κ1) is 8.89. The van der Waals surface area contributed by atoms with Crippen LogP contribution in [0.4, 0.5) is 0 Å². The molecule has 0 aromatic rings. The summed E-state index contributed by atoms with van der Waals surface area (Å²) in [5.74, 6) is 0. The Bertz CT molecular complexity index is 131. The van der Waals surface area contributed by atoms with Crippen LogP contribution in [0.3, 0.4) is 0 Å². The first-order chi connectivity index (χ1) is 5.16. The fourth-order valence-corrected chi connectivity index (χ4v) is 1.19. The van der Waals surface area contributed by atoms with Gasteiger partial charge in [-0.2, -0.15) is 0 Å². The minimum Gasteiger partial charge on any atom is -0.395 e. The molecule has 66 valence electrons. The van der Waals surface area contributed by atoms with Gasteiger partial charge in [-0.1, -0.05) is 0 Å². The molecule has 0 aliphatic carbocycles. The number of hydrogen-bond acceptors (Lipinski definition) is 5. The van der Waals surface area contributed by atoms with Gasteiger partial charge in [0, 0.05) is 12.6 Å². The molecule has 1 fully saturated rings. The minimum atomic E-state index is -0.969. The van der Waals surface area contributed by atoms with Crippen LogP contribution in [0, 0.1) is 0 Å². The van der Waals surface area contributed by atoms with Crippen molar-refractivity contribution in [3.05, 3.63) is 0 Å². The maximum atomic E-state index is 9.26. The second-order valence-corrected chi connectivity index (χ2v) is 2.84. The molecule has 0 aromatic carbocycles. The zero-order valence-electron chi connectivity index (χ0n) is 6.14. The van der Waals surface area contributed by atoms with Crippen LogP contribution in [0.1, 0.15) is 0 Å². The molecule has 11 heavy (non-hydrogen) atoms. The highest BCUT2D eigenvalue weighted by molar-refractivity contribution is 4.93. The number of nitrogens with two attached hydrogens (primary N) is 1. The summed E-state index contributed by atoms with van der Waals surface area (Å²) in [7, 11) is 0. The monoisotopic (exact) mass is 162 g/mol. The molecule has 4 atom stereocenters. The van der Waals surface area contributed by atoms with Gasteiger partial charge in [0.2, 0.25) is 0 Å². The van der Waals surface area contributed by atoms with Gasteiger partial charge in [0.25, 0.3) is 0 Å². The van der Waals surface area contributed by atoms with Gasteiger partial charge in [-0.15, -0.1) is 0 Å². The fourth-order valence-electron chi connectivity index (χ4n) is 1.19. The molecule has 1 aliphatic rings. The van der Waals surface area contributed by atoms with Gasteiger partial charge in [-0.25, -0.2) is 0 Å². The lowest BCUT2D eigenvalue weighted by molar-refractivity contribution is -0.0480. The lowest BCUT2D eigenvalue weighted by Crippen LogP contribution is -2.63. The maximum absolute atomic E-state index is 9.26. The van der Waals surface area contributed by atoms with Crippen LogP contribution in [0.25, 0.3) is 0 Å². The molecule has 0 bridgehead atoms. The molecule has 1 rings (SSSR count). The van der Waals surface area contributed by atoms with Crippen molar-refractivity contribution in [2.24, 2.45) is 5.73 Å². The second kappa shape index (κ2) is 3.46. The van der Waals surface area contributed by atoms with Gasteiger partial charge >= 0.3 is 0 Å². The van der Waals surface area contributed by atoms with Crippen molar-refractivity contribution < 1.29 is 15.3 Å². The van der Waals surface area contributed by atoms with E-state index in [1.165, 1.54) is 0 Å². The molecule has 0 saturated carbocycles. The van der Waals surface area contributed by atoms with E-state index >= 15 is 0 Å². The Balaban J connectivity index is 2.52. The highest BCUT2D eigenvalue weighted by atomic mass is 16.3. The molecule has 5 heteroatoms. The van der Waals surface area contributed by atoms with Crippen LogP contribution >= 0.6 is 0 Å². The van der Waals surface area contributed by atoms with E-state index in [2.05, 4.69) is 5.32 Å². The van der Waals surface area contributed by atoms with Crippen LogP contribution in [0.2, 0.25) is 0 Å². The number of rotatable bonds is 1. The van der Waals surface area contributed by atoms with E-state index in [0.29, 0.717) is 6.54 Å². The standard InChI is InChI=1S/C6H14N2O3/c7-3-1-8-4(2-9)6(11)5(3)10/h3-6,8-11H,1-2,7H2/t3-,4?,5-,6-/m1/s1. The minimum absolute atomic E-state index is 0.190. The van der Waals surface area contributed by atoms with Crippen molar-refractivity contribution in [2.75, 3.05) is 13.2 Å². The summed E-state index contributed by atoms with van der Waals surface area (Å²) in [6.45, 7) is 0.231. The molecule has 1 heterocycles. The average Bonchev–Trinajstić information content (AvgIpc) is 2.01. The third-order valence-electron chi connectivity index (χ3n) is 2.01. The Hall–Kier alpha value is -0.200. The molecule has 1 aliphatic heterocycles. The van der Waals surface area contributed by atoms with E-state index in [0.717, 1.165) is 0 Å². The Kier molecular flexibility index (Phi) is 2.80. The third kappa shape index (κ3) is 1.69. The quantitative estimate of drug-likeness (QED) is 0.283. The number of aliphatic hydroxyl groups is 3. The zero-order valence-corrected chi connectivity index (χ0v) is 6.14. The molecule has 0 spiro atoms. The first-order valence-corrected chi connectivity index (χ1v) is 3.62. The SMILES string of the molecule is N[C@@H]1CNC(CO)[C@@H](O)[C@@H]1O. The lowest BCUT2D eigenvalue weighted by atomic mass is 9.95. The van der Waals surface area contributed by atoms with E-state index in [-0.39, 0.29) is 6.61 Å². The Morgan fingerprint density at radius 1 is 1.36 bits per heavy atom. The molecule has 5 nitrogen and oxygen atoms in total. The molecule has 0 aromatic heterocycles. The van der Waals surface area contributed by atoms with Crippen molar-refractivity contribution in [2.45, 2.75) is 24.3 Å². The van der Waals surface area contributed by atoms with Gasteiger partial charge in [0.15, 0.2) is 0 Å². The summed E-state index contributed by atoms with van der Waals surface area (Å²) in [5.41, 5.74) is 5.43. The van der Waals surface area contributed by atoms with E-state index in [1.54, 1.807) is 0 Å². The Morgan fingerprint density at radius 3 is 2.55 bits per heavy atom. The van der Waals surface area contributed by atoms with Crippen LogP contribution in [0.15, 0.2) is 0 Å². The molecule has 6 N–H and O–H groups in total. The zero-order chi connectivity index (χ0) is 8.43. The van der Waals surface area contributed by atoms with E-state index in [9.17, 15) is 10.2 Å². The summed E-state index contributed by atoms with van der Waals surface area (Å²) >= 11 is 0. The molecular weight excluding hydrogens is 148 g/mol. The topological polar surface area (TPSA) is 98.7 Å².